The molecular weight excluding hydrogens is 148 g/mol. The minimum absolute atomic E-state index is 0.560. The standard InChI is InChI=1S/C8H10N2.C2H6/c1-6-5-7-3-2-4-9-8(7)10-6;1-2/h2-4,6H,5H2,1H3,(H,9,10);1-2H3. The second kappa shape index (κ2) is 4.10. The Balaban J connectivity index is 0.000000336. The van der Waals surface area contributed by atoms with Crippen LogP contribution in [0.5, 0.6) is 0 Å². The topological polar surface area (TPSA) is 24.9 Å². The summed E-state index contributed by atoms with van der Waals surface area (Å²) in [4.78, 5) is 4.20. The number of nitrogens with one attached hydrogen (secondary N) is 1. The van der Waals surface area contributed by atoms with E-state index in [-0.39, 0.29) is 0 Å². The highest BCUT2D eigenvalue weighted by atomic mass is 15.0. The number of nitrogens with zero attached hydrogens (tertiary/aromatic N) is 1. The molecule has 1 unspecified atom stereocenters. The van der Waals surface area contributed by atoms with Crippen molar-refractivity contribution >= 4 is 5.82 Å². The van der Waals surface area contributed by atoms with Gasteiger partial charge in [-0.15, -0.1) is 0 Å². The van der Waals surface area contributed by atoms with Gasteiger partial charge in [-0.25, -0.2) is 4.98 Å². The molecular formula is C10H16N2. The molecule has 0 radical (unpaired) electrons. The Bertz CT molecular complexity index is 220. The van der Waals surface area contributed by atoms with Gasteiger partial charge in [-0.3, -0.25) is 0 Å². The second-order valence-electron chi connectivity index (χ2n) is 2.76. The summed E-state index contributed by atoms with van der Waals surface area (Å²) in [6, 6.07) is 4.67. The predicted molar refractivity (Wildman–Crippen MR) is 52.4 cm³/mol. The zero-order chi connectivity index (χ0) is 8.97. The van der Waals surface area contributed by atoms with Crippen LogP contribution >= 0.6 is 0 Å². The lowest BCUT2D eigenvalue weighted by atomic mass is 10.2. The van der Waals surface area contributed by atoms with Crippen LogP contribution in [0.15, 0.2) is 18.3 Å². The van der Waals surface area contributed by atoms with E-state index in [1.807, 2.05) is 26.1 Å². The fourth-order valence-corrected chi connectivity index (χ4v) is 1.35. The number of rotatable bonds is 0. The molecule has 1 atom stereocenters. The monoisotopic (exact) mass is 164 g/mol. The van der Waals surface area contributed by atoms with Crippen LogP contribution in [0.4, 0.5) is 5.82 Å². The Kier molecular flexibility index (Phi) is 3.09. The third-order valence-corrected chi connectivity index (χ3v) is 1.80. The van der Waals surface area contributed by atoms with Crippen LogP contribution in [0, 0.1) is 0 Å². The molecule has 0 aromatic carbocycles. The third kappa shape index (κ3) is 1.76. The van der Waals surface area contributed by atoms with E-state index >= 15 is 0 Å². The first kappa shape index (κ1) is 9.04. The Morgan fingerprint density at radius 2 is 2.25 bits per heavy atom. The Morgan fingerprint density at radius 1 is 1.50 bits per heavy atom. The van der Waals surface area contributed by atoms with E-state index in [9.17, 15) is 0 Å². The van der Waals surface area contributed by atoms with E-state index in [2.05, 4.69) is 23.3 Å². The lowest BCUT2D eigenvalue weighted by Gasteiger charge is -1.99. The van der Waals surface area contributed by atoms with Crippen LogP contribution in [-0.4, -0.2) is 11.0 Å². The molecule has 1 aromatic heterocycles. The van der Waals surface area contributed by atoms with Gasteiger partial charge in [0.15, 0.2) is 0 Å². The summed E-state index contributed by atoms with van der Waals surface area (Å²) in [5.41, 5.74) is 1.34. The highest BCUT2D eigenvalue weighted by Crippen LogP contribution is 2.21. The molecule has 1 aliphatic heterocycles. The Morgan fingerprint density at radius 3 is 2.92 bits per heavy atom. The molecule has 1 aromatic rings. The van der Waals surface area contributed by atoms with Crippen molar-refractivity contribution in [2.45, 2.75) is 33.2 Å². The summed E-state index contributed by atoms with van der Waals surface area (Å²) in [6.45, 7) is 6.17. The van der Waals surface area contributed by atoms with Crippen LogP contribution < -0.4 is 5.32 Å². The van der Waals surface area contributed by atoms with Crippen molar-refractivity contribution in [2.75, 3.05) is 5.32 Å². The molecule has 12 heavy (non-hydrogen) atoms. The van der Waals surface area contributed by atoms with E-state index in [0.717, 1.165) is 12.2 Å². The van der Waals surface area contributed by atoms with Crippen LogP contribution in [0.2, 0.25) is 0 Å². The van der Waals surface area contributed by atoms with Gasteiger partial charge in [0, 0.05) is 12.2 Å². The van der Waals surface area contributed by atoms with Crippen LogP contribution in [0.25, 0.3) is 0 Å². The molecule has 0 bridgehead atoms. The molecule has 0 saturated carbocycles. The summed E-state index contributed by atoms with van der Waals surface area (Å²) < 4.78 is 0. The summed E-state index contributed by atoms with van der Waals surface area (Å²) in [6.07, 6.45) is 2.94. The van der Waals surface area contributed by atoms with Gasteiger partial charge in [-0.2, -0.15) is 0 Å². The summed E-state index contributed by atoms with van der Waals surface area (Å²) in [7, 11) is 0. The number of anilines is 1. The van der Waals surface area contributed by atoms with Crippen LogP contribution in [0.1, 0.15) is 26.3 Å². The molecule has 2 nitrogen and oxygen atoms in total. The maximum absolute atomic E-state index is 4.20. The first-order chi connectivity index (χ1) is 5.86. The molecule has 0 saturated heterocycles. The summed E-state index contributed by atoms with van der Waals surface area (Å²) in [5, 5.41) is 3.29. The van der Waals surface area contributed by atoms with E-state index in [1.54, 1.807) is 0 Å². The van der Waals surface area contributed by atoms with Crippen molar-refractivity contribution in [2.24, 2.45) is 0 Å². The van der Waals surface area contributed by atoms with E-state index < -0.39 is 0 Å². The predicted octanol–water partition coefficient (Wildman–Crippen LogP) is 2.46. The second-order valence-corrected chi connectivity index (χ2v) is 2.76. The Labute approximate surface area is 74.0 Å². The quantitative estimate of drug-likeness (QED) is 0.637. The van der Waals surface area contributed by atoms with Gasteiger partial charge in [0.05, 0.1) is 0 Å². The van der Waals surface area contributed by atoms with E-state index in [0.29, 0.717) is 6.04 Å². The Hall–Kier alpha value is -1.05. The maximum atomic E-state index is 4.20. The first-order valence-corrected chi connectivity index (χ1v) is 4.56. The lowest BCUT2D eigenvalue weighted by Crippen LogP contribution is -2.08. The molecule has 0 amide bonds. The summed E-state index contributed by atoms with van der Waals surface area (Å²) >= 11 is 0. The molecule has 1 N–H and O–H groups in total. The van der Waals surface area contributed by atoms with Gasteiger partial charge in [-0.1, -0.05) is 19.9 Å². The number of aromatic nitrogens is 1. The summed E-state index contributed by atoms with van der Waals surface area (Å²) in [5.74, 6) is 1.06. The zero-order valence-electron chi connectivity index (χ0n) is 7.96. The van der Waals surface area contributed by atoms with Gasteiger partial charge >= 0.3 is 0 Å². The molecule has 66 valence electrons. The van der Waals surface area contributed by atoms with Gasteiger partial charge in [0.25, 0.3) is 0 Å². The fraction of sp³-hybridized carbons (Fsp3) is 0.500. The lowest BCUT2D eigenvalue weighted by molar-refractivity contribution is 0.838. The number of hydrogen-bond acceptors (Lipinski definition) is 2. The number of pyridine rings is 1. The fourth-order valence-electron chi connectivity index (χ4n) is 1.35. The van der Waals surface area contributed by atoms with Gasteiger partial charge < -0.3 is 5.32 Å². The molecule has 1 aliphatic rings. The van der Waals surface area contributed by atoms with Crippen molar-refractivity contribution in [3.05, 3.63) is 23.9 Å². The zero-order valence-corrected chi connectivity index (χ0v) is 7.96. The van der Waals surface area contributed by atoms with Crippen molar-refractivity contribution in [3.63, 3.8) is 0 Å². The normalized spacial score (nSPS) is 18.8. The number of fused-ring (bicyclic) bond motifs is 1. The van der Waals surface area contributed by atoms with E-state index in [4.69, 9.17) is 0 Å². The molecule has 2 heteroatoms. The largest absolute Gasteiger partial charge is 0.367 e. The minimum Gasteiger partial charge on any atom is -0.367 e. The molecule has 0 aliphatic carbocycles. The maximum Gasteiger partial charge on any atom is 0.129 e. The molecule has 2 rings (SSSR count). The van der Waals surface area contributed by atoms with Crippen LogP contribution in [0.3, 0.4) is 0 Å². The van der Waals surface area contributed by atoms with Crippen molar-refractivity contribution in [3.8, 4) is 0 Å². The highest BCUT2D eigenvalue weighted by Gasteiger charge is 2.15. The molecule has 2 heterocycles. The average molecular weight is 164 g/mol. The van der Waals surface area contributed by atoms with Gasteiger partial charge in [-0.05, 0) is 25.0 Å². The highest BCUT2D eigenvalue weighted by molar-refractivity contribution is 5.49. The van der Waals surface area contributed by atoms with Gasteiger partial charge in [0.2, 0.25) is 0 Å². The van der Waals surface area contributed by atoms with Crippen molar-refractivity contribution in [1.29, 1.82) is 0 Å². The molecule has 0 fully saturated rings. The van der Waals surface area contributed by atoms with Crippen molar-refractivity contribution < 1.29 is 0 Å². The van der Waals surface area contributed by atoms with Crippen molar-refractivity contribution in [1.82, 2.24) is 4.98 Å². The first-order valence-electron chi connectivity index (χ1n) is 4.56. The molecule has 0 spiro atoms. The smallest absolute Gasteiger partial charge is 0.129 e. The average Bonchev–Trinajstić information content (AvgIpc) is 2.48. The van der Waals surface area contributed by atoms with Crippen LogP contribution in [-0.2, 0) is 6.42 Å². The minimum atomic E-state index is 0.560. The number of hydrogen-bond donors (Lipinski definition) is 1. The van der Waals surface area contributed by atoms with Gasteiger partial charge in [0.1, 0.15) is 5.82 Å². The third-order valence-electron chi connectivity index (χ3n) is 1.80. The van der Waals surface area contributed by atoms with E-state index in [1.165, 1.54) is 5.56 Å². The SMILES string of the molecule is CC.CC1Cc2cccnc2N1.